The summed E-state index contributed by atoms with van der Waals surface area (Å²) < 4.78 is 6.36. The van der Waals surface area contributed by atoms with E-state index in [-0.39, 0.29) is 17.6 Å². The number of likely N-dealkylation sites (tertiary alicyclic amines) is 1. The molecule has 5 rings (SSSR count). The lowest BCUT2D eigenvalue weighted by molar-refractivity contribution is 0.000957. The third-order valence-electron chi connectivity index (χ3n) is 7.84. The van der Waals surface area contributed by atoms with Gasteiger partial charge in [0.25, 0.3) is 0 Å². The highest BCUT2D eigenvalue weighted by atomic mass is 16.6. The molecule has 1 heterocycles. The fourth-order valence-corrected chi connectivity index (χ4v) is 5.87. The first kappa shape index (κ1) is 24.6. The van der Waals surface area contributed by atoms with Crippen LogP contribution in [0.2, 0.25) is 0 Å². The number of rotatable bonds is 5. The highest BCUT2D eigenvalue weighted by Crippen LogP contribution is 2.41. The average molecular weight is 483 g/mol. The molecule has 1 aliphatic heterocycles. The van der Waals surface area contributed by atoms with E-state index in [9.17, 15) is 4.79 Å². The van der Waals surface area contributed by atoms with E-state index in [1.165, 1.54) is 11.1 Å². The zero-order chi connectivity index (χ0) is 25.3. The van der Waals surface area contributed by atoms with Crippen LogP contribution in [0.25, 0.3) is 0 Å². The minimum Gasteiger partial charge on any atom is -0.445 e. The molecule has 1 aliphatic carbocycles. The van der Waals surface area contributed by atoms with Gasteiger partial charge >= 0.3 is 6.09 Å². The van der Waals surface area contributed by atoms with E-state index in [0.717, 1.165) is 49.4 Å². The third kappa shape index (κ3) is 5.19. The van der Waals surface area contributed by atoms with Gasteiger partial charge in [0.2, 0.25) is 0 Å². The molecule has 1 saturated carbocycles. The van der Waals surface area contributed by atoms with Crippen LogP contribution < -0.4 is 4.90 Å². The van der Waals surface area contributed by atoms with Crippen molar-refractivity contribution in [2.75, 3.05) is 18.0 Å². The number of anilines is 2. The third-order valence-corrected chi connectivity index (χ3v) is 7.84. The zero-order valence-electron chi connectivity index (χ0n) is 22.0. The summed E-state index contributed by atoms with van der Waals surface area (Å²) in [5.41, 5.74) is 5.41. The van der Waals surface area contributed by atoms with Gasteiger partial charge in [-0.3, -0.25) is 4.90 Å². The van der Waals surface area contributed by atoms with Crippen LogP contribution in [0.3, 0.4) is 0 Å². The number of hydrogen-bond acceptors (Lipinski definition) is 3. The Morgan fingerprint density at radius 2 is 1.50 bits per heavy atom. The van der Waals surface area contributed by atoms with E-state index in [2.05, 4.69) is 68.1 Å². The van der Waals surface area contributed by atoms with Crippen LogP contribution in [-0.2, 0) is 16.7 Å². The van der Waals surface area contributed by atoms with Crippen LogP contribution in [0.4, 0.5) is 16.2 Å². The Kier molecular flexibility index (Phi) is 6.90. The highest BCUT2D eigenvalue weighted by Gasteiger charge is 2.45. The Morgan fingerprint density at radius 3 is 2.11 bits per heavy atom. The molecule has 3 aromatic rings. The molecule has 2 atom stereocenters. The lowest BCUT2D eigenvalue weighted by Crippen LogP contribution is -2.47. The van der Waals surface area contributed by atoms with Crippen LogP contribution in [-0.4, -0.2) is 30.2 Å². The number of fused-ring (bicyclic) bond motifs is 2. The van der Waals surface area contributed by atoms with Crippen molar-refractivity contribution in [3.8, 4) is 0 Å². The summed E-state index contributed by atoms with van der Waals surface area (Å²) in [6.07, 6.45) is 1.95. The molecule has 2 aliphatic rings. The molecule has 4 nitrogen and oxygen atoms in total. The van der Waals surface area contributed by atoms with Gasteiger partial charge in [-0.15, -0.1) is 0 Å². The molecule has 0 aromatic heterocycles. The van der Waals surface area contributed by atoms with Crippen molar-refractivity contribution in [1.82, 2.24) is 4.90 Å². The van der Waals surface area contributed by atoms with Gasteiger partial charge in [0.1, 0.15) is 6.10 Å². The molecule has 4 heteroatoms. The second-order valence-electron chi connectivity index (χ2n) is 11.5. The number of aryl methyl sites for hydroxylation is 1. The maximum atomic E-state index is 13.8. The molecule has 188 valence electrons. The summed E-state index contributed by atoms with van der Waals surface area (Å²) in [6, 6.07) is 27.0. The number of nitrogens with zero attached hydrogens (tertiary/aromatic N) is 2. The summed E-state index contributed by atoms with van der Waals surface area (Å²) in [4.78, 5) is 18.1. The van der Waals surface area contributed by atoms with E-state index in [1.807, 2.05) is 43.3 Å². The van der Waals surface area contributed by atoms with Crippen LogP contribution in [0.15, 0.2) is 78.9 Å². The molecule has 0 radical (unpaired) electrons. The van der Waals surface area contributed by atoms with Gasteiger partial charge in [-0.2, -0.15) is 0 Å². The molecule has 2 bridgehead atoms. The van der Waals surface area contributed by atoms with E-state index in [4.69, 9.17) is 4.74 Å². The summed E-state index contributed by atoms with van der Waals surface area (Å²) >= 11 is 0. The van der Waals surface area contributed by atoms with Crippen molar-refractivity contribution in [1.29, 1.82) is 0 Å². The van der Waals surface area contributed by atoms with Crippen LogP contribution in [0.5, 0.6) is 0 Å². The predicted molar refractivity (Wildman–Crippen MR) is 147 cm³/mol. The van der Waals surface area contributed by atoms with Gasteiger partial charge in [-0.1, -0.05) is 81.4 Å². The quantitative estimate of drug-likeness (QED) is 0.378. The molecule has 1 saturated heterocycles. The first-order chi connectivity index (χ1) is 17.3. The van der Waals surface area contributed by atoms with Crippen LogP contribution >= 0.6 is 0 Å². The fraction of sp³-hybridized carbons (Fsp3) is 0.406. The van der Waals surface area contributed by atoms with E-state index < -0.39 is 0 Å². The molecule has 1 amide bonds. The van der Waals surface area contributed by atoms with Crippen molar-refractivity contribution < 1.29 is 9.53 Å². The fourth-order valence-electron chi connectivity index (χ4n) is 5.87. The molecular formula is C32H38N2O2. The summed E-state index contributed by atoms with van der Waals surface area (Å²) in [7, 11) is 0. The predicted octanol–water partition coefficient (Wildman–Crippen LogP) is 7.48. The molecular weight excluding hydrogens is 444 g/mol. The van der Waals surface area contributed by atoms with Crippen molar-refractivity contribution in [3.05, 3.63) is 95.6 Å². The monoisotopic (exact) mass is 482 g/mol. The number of carbonyl (C=O) groups is 1. The van der Waals surface area contributed by atoms with Gasteiger partial charge in [0.15, 0.2) is 0 Å². The van der Waals surface area contributed by atoms with E-state index in [0.29, 0.717) is 11.8 Å². The lowest BCUT2D eigenvalue weighted by Gasteiger charge is -2.38. The number of benzene rings is 3. The van der Waals surface area contributed by atoms with Crippen molar-refractivity contribution in [2.45, 2.75) is 58.6 Å². The van der Waals surface area contributed by atoms with Crippen LogP contribution in [0, 0.1) is 18.8 Å². The topological polar surface area (TPSA) is 32.8 Å². The summed E-state index contributed by atoms with van der Waals surface area (Å²) in [5.74, 6) is 0.775. The molecule has 0 N–H and O–H groups in total. The minimum absolute atomic E-state index is 0.0232. The van der Waals surface area contributed by atoms with Gasteiger partial charge in [0, 0.05) is 31.5 Å². The Balaban J connectivity index is 1.35. The van der Waals surface area contributed by atoms with E-state index in [1.54, 1.807) is 4.90 Å². The van der Waals surface area contributed by atoms with Crippen molar-refractivity contribution in [2.24, 2.45) is 11.8 Å². The Bertz CT molecular complexity index is 1170. The number of para-hydroxylation sites is 1. The highest BCUT2D eigenvalue weighted by molar-refractivity contribution is 5.97. The second-order valence-corrected chi connectivity index (χ2v) is 11.5. The van der Waals surface area contributed by atoms with Crippen LogP contribution in [0.1, 0.15) is 50.3 Å². The van der Waals surface area contributed by atoms with Gasteiger partial charge < -0.3 is 4.74 Å². The number of hydrogen-bond donors (Lipinski definition) is 0. The van der Waals surface area contributed by atoms with Crippen molar-refractivity contribution >= 4 is 17.5 Å². The van der Waals surface area contributed by atoms with Gasteiger partial charge in [0.05, 0.1) is 11.4 Å². The Hall–Kier alpha value is -3.11. The number of ether oxygens (including phenoxy) is 1. The standard InChI is InChI=1S/C32H38N2O2/c1-23-10-8-9-13-29(23)34(28-18-16-27(17-19-28)32(2,3)4)31(35)36-30-25-14-15-26(30)22-33(21-25)20-24-11-6-5-7-12-24/h5-13,16-19,25-26,30H,14-15,20-22H2,1-4H3. The molecule has 0 spiro atoms. The maximum absolute atomic E-state index is 13.8. The largest absolute Gasteiger partial charge is 0.445 e. The SMILES string of the molecule is Cc1ccccc1N(C(=O)OC1C2CCC1CN(Cc1ccccc1)C2)c1ccc(C(C)(C)C)cc1. The Morgan fingerprint density at radius 1 is 0.889 bits per heavy atom. The maximum Gasteiger partial charge on any atom is 0.419 e. The summed E-state index contributed by atoms with van der Waals surface area (Å²) in [5, 5.41) is 0. The molecule has 2 unspecified atom stereocenters. The van der Waals surface area contributed by atoms with Crippen molar-refractivity contribution in [3.63, 3.8) is 0 Å². The molecule has 36 heavy (non-hydrogen) atoms. The minimum atomic E-state index is -0.272. The first-order valence-corrected chi connectivity index (χ1v) is 13.2. The number of amides is 1. The first-order valence-electron chi connectivity index (χ1n) is 13.2. The zero-order valence-corrected chi connectivity index (χ0v) is 22.0. The lowest BCUT2D eigenvalue weighted by atomic mass is 9.87. The smallest absolute Gasteiger partial charge is 0.419 e. The number of piperidine rings is 1. The Labute approximate surface area is 215 Å². The van der Waals surface area contributed by atoms with Gasteiger partial charge in [-0.05, 0) is 60.1 Å². The second kappa shape index (κ2) is 10.1. The normalized spacial score (nSPS) is 21.8. The van der Waals surface area contributed by atoms with Gasteiger partial charge in [-0.25, -0.2) is 9.69 Å². The van der Waals surface area contributed by atoms with E-state index >= 15 is 0 Å². The molecule has 2 fully saturated rings. The molecule has 3 aromatic carbocycles. The average Bonchev–Trinajstić information content (AvgIpc) is 3.08. The summed E-state index contributed by atoms with van der Waals surface area (Å²) in [6.45, 7) is 11.6. The number of carbonyl (C=O) groups excluding carboxylic acids is 1.